The van der Waals surface area contributed by atoms with Crippen molar-refractivity contribution in [2.75, 3.05) is 5.32 Å². The highest BCUT2D eigenvalue weighted by Gasteiger charge is 2.15. The number of hydrogen-bond donors (Lipinski definition) is 2. The first kappa shape index (κ1) is 11.7. The highest BCUT2D eigenvalue weighted by Crippen LogP contribution is 2.26. The van der Waals surface area contributed by atoms with Crippen LogP contribution >= 0.6 is 23.1 Å². The van der Waals surface area contributed by atoms with Crippen LogP contribution < -0.4 is 5.32 Å². The Hall–Kier alpha value is -1.80. The second kappa shape index (κ2) is 4.60. The molecule has 8 heteroatoms. The van der Waals surface area contributed by atoms with Gasteiger partial charge in [-0.05, 0) is 18.6 Å². The second-order valence-electron chi connectivity index (χ2n) is 3.17. The van der Waals surface area contributed by atoms with E-state index in [1.54, 1.807) is 13.0 Å². The molecule has 0 spiro atoms. The van der Waals surface area contributed by atoms with E-state index in [0.29, 0.717) is 10.6 Å². The van der Waals surface area contributed by atoms with Crippen LogP contribution in [0.5, 0.6) is 0 Å². The monoisotopic (exact) mass is 269 g/mol. The number of aromatic carboxylic acids is 1. The van der Waals surface area contributed by atoms with Gasteiger partial charge < -0.3 is 10.4 Å². The summed E-state index contributed by atoms with van der Waals surface area (Å²) >= 11 is 1.96. The van der Waals surface area contributed by atoms with Gasteiger partial charge in [0.15, 0.2) is 5.69 Å². The minimum Gasteiger partial charge on any atom is -0.477 e. The standard InChI is InChI=1S/C9H7N3O3S2/c1-4-2-6(16-7(4)9(14)15)11-8(13)5-3-10-17-12-5/h2-3H,1H3,(H,11,13)(H,14,15). The van der Waals surface area contributed by atoms with Crippen LogP contribution in [-0.4, -0.2) is 25.7 Å². The molecule has 6 nitrogen and oxygen atoms in total. The molecule has 0 aliphatic carbocycles. The van der Waals surface area contributed by atoms with Crippen molar-refractivity contribution in [2.45, 2.75) is 6.92 Å². The Labute approximate surface area is 104 Å². The first-order valence-electron chi connectivity index (χ1n) is 4.50. The molecule has 2 aromatic rings. The number of carbonyl (C=O) groups excluding carboxylic acids is 1. The van der Waals surface area contributed by atoms with Gasteiger partial charge >= 0.3 is 5.97 Å². The molecule has 2 aromatic heterocycles. The van der Waals surface area contributed by atoms with Crippen molar-refractivity contribution in [3.8, 4) is 0 Å². The number of amides is 1. The van der Waals surface area contributed by atoms with Gasteiger partial charge in [-0.3, -0.25) is 4.79 Å². The average molecular weight is 269 g/mol. The summed E-state index contributed by atoms with van der Waals surface area (Å²) in [6.07, 6.45) is 1.36. The molecular formula is C9H7N3O3S2. The fourth-order valence-electron chi connectivity index (χ4n) is 1.20. The van der Waals surface area contributed by atoms with Crippen LogP contribution in [0.2, 0.25) is 0 Å². The first-order chi connectivity index (χ1) is 8.08. The number of rotatable bonds is 3. The molecule has 2 rings (SSSR count). The van der Waals surface area contributed by atoms with Crippen molar-refractivity contribution in [3.63, 3.8) is 0 Å². The number of carbonyl (C=O) groups is 2. The zero-order chi connectivity index (χ0) is 12.4. The Balaban J connectivity index is 2.17. The summed E-state index contributed by atoms with van der Waals surface area (Å²) in [5.74, 6) is -1.39. The van der Waals surface area contributed by atoms with E-state index >= 15 is 0 Å². The highest BCUT2D eigenvalue weighted by molar-refractivity contribution is 7.18. The summed E-state index contributed by atoms with van der Waals surface area (Å²) in [6.45, 7) is 1.68. The number of nitrogens with zero attached hydrogens (tertiary/aromatic N) is 2. The minimum absolute atomic E-state index is 0.219. The molecule has 88 valence electrons. The molecule has 0 radical (unpaired) electrons. The van der Waals surface area contributed by atoms with Gasteiger partial charge in [-0.15, -0.1) is 11.3 Å². The molecule has 0 atom stereocenters. The van der Waals surface area contributed by atoms with E-state index in [1.165, 1.54) is 6.20 Å². The van der Waals surface area contributed by atoms with E-state index in [2.05, 4.69) is 14.1 Å². The van der Waals surface area contributed by atoms with Gasteiger partial charge in [0.2, 0.25) is 0 Å². The third kappa shape index (κ3) is 2.48. The predicted octanol–water partition coefficient (Wildman–Crippen LogP) is 1.86. The Morgan fingerprint density at radius 2 is 2.24 bits per heavy atom. The Bertz CT molecular complexity index is 562. The lowest BCUT2D eigenvalue weighted by Gasteiger charge is -1.96. The number of carboxylic acid groups (broad SMARTS) is 1. The maximum atomic E-state index is 11.6. The fourth-order valence-corrected chi connectivity index (χ4v) is 2.52. The molecule has 17 heavy (non-hydrogen) atoms. The van der Waals surface area contributed by atoms with Crippen LogP contribution in [0, 0.1) is 6.92 Å². The number of nitrogens with one attached hydrogen (secondary N) is 1. The van der Waals surface area contributed by atoms with Crippen LogP contribution in [0.4, 0.5) is 5.00 Å². The lowest BCUT2D eigenvalue weighted by molar-refractivity contribution is 0.0701. The number of hydrogen-bond acceptors (Lipinski definition) is 6. The number of carboxylic acids is 1. The molecule has 2 heterocycles. The highest BCUT2D eigenvalue weighted by atomic mass is 32.1. The van der Waals surface area contributed by atoms with Crippen LogP contribution in [0.1, 0.15) is 25.7 Å². The molecule has 0 aromatic carbocycles. The summed E-state index contributed by atoms with van der Waals surface area (Å²) in [7, 11) is 0. The van der Waals surface area contributed by atoms with Crippen molar-refractivity contribution >= 4 is 39.9 Å². The molecular weight excluding hydrogens is 262 g/mol. The second-order valence-corrected chi connectivity index (χ2v) is 4.78. The summed E-state index contributed by atoms with van der Waals surface area (Å²) in [4.78, 5) is 22.7. The van der Waals surface area contributed by atoms with Crippen molar-refractivity contribution in [1.29, 1.82) is 0 Å². The largest absolute Gasteiger partial charge is 0.477 e. The van der Waals surface area contributed by atoms with Gasteiger partial charge in [-0.1, -0.05) is 0 Å². The summed E-state index contributed by atoms with van der Waals surface area (Å²) in [5, 5.41) is 11.9. The number of anilines is 1. The number of thiophene rings is 1. The number of aryl methyl sites for hydroxylation is 1. The van der Waals surface area contributed by atoms with Crippen LogP contribution in [0.3, 0.4) is 0 Å². The third-order valence-corrected chi connectivity index (χ3v) is 3.56. The van der Waals surface area contributed by atoms with E-state index in [0.717, 1.165) is 23.1 Å². The van der Waals surface area contributed by atoms with Crippen molar-refractivity contribution in [2.24, 2.45) is 0 Å². The van der Waals surface area contributed by atoms with Crippen LogP contribution in [0.25, 0.3) is 0 Å². The van der Waals surface area contributed by atoms with Gasteiger partial charge in [-0.25, -0.2) is 4.79 Å². The zero-order valence-corrected chi connectivity index (χ0v) is 10.3. The minimum atomic E-state index is -0.997. The van der Waals surface area contributed by atoms with E-state index < -0.39 is 11.9 Å². The molecule has 0 unspecified atom stereocenters. The van der Waals surface area contributed by atoms with E-state index in [4.69, 9.17) is 5.11 Å². The van der Waals surface area contributed by atoms with E-state index in [9.17, 15) is 9.59 Å². The van der Waals surface area contributed by atoms with Crippen LogP contribution in [0.15, 0.2) is 12.3 Å². The van der Waals surface area contributed by atoms with Crippen molar-refractivity contribution in [1.82, 2.24) is 8.75 Å². The lowest BCUT2D eigenvalue weighted by atomic mass is 10.3. The predicted molar refractivity (Wildman–Crippen MR) is 63.9 cm³/mol. The first-order valence-corrected chi connectivity index (χ1v) is 6.05. The molecule has 0 saturated heterocycles. The molecule has 0 bridgehead atoms. The number of aromatic nitrogens is 2. The Morgan fingerprint density at radius 3 is 2.76 bits per heavy atom. The smallest absolute Gasteiger partial charge is 0.346 e. The average Bonchev–Trinajstić information content (AvgIpc) is 2.86. The maximum absolute atomic E-state index is 11.6. The Morgan fingerprint density at radius 1 is 1.47 bits per heavy atom. The van der Waals surface area contributed by atoms with Gasteiger partial charge in [0, 0.05) is 0 Å². The van der Waals surface area contributed by atoms with Gasteiger partial charge in [0.1, 0.15) is 4.88 Å². The third-order valence-electron chi connectivity index (χ3n) is 1.94. The summed E-state index contributed by atoms with van der Waals surface area (Å²) in [5.41, 5.74) is 0.840. The SMILES string of the molecule is Cc1cc(NC(=O)c2cnsn2)sc1C(=O)O. The van der Waals surface area contributed by atoms with E-state index in [1.807, 2.05) is 0 Å². The van der Waals surface area contributed by atoms with Gasteiger partial charge in [0.25, 0.3) is 5.91 Å². The lowest BCUT2D eigenvalue weighted by Crippen LogP contribution is -2.10. The molecule has 0 saturated carbocycles. The normalized spacial score (nSPS) is 10.2. The summed E-state index contributed by atoms with van der Waals surface area (Å²) in [6, 6.07) is 1.62. The Kier molecular flexibility index (Phi) is 3.16. The van der Waals surface area contributed by atoms with Gasteiger partial charge in [-0.2, -0.15) is 8.75 Å². The molecule has 0 fully saturated rings. The topological polar surface area (TPSA) is 92.2 Å². The zero-order valence-electron chi connectivity index (χ0n) is 8.63. The molecule has 0 aliphatic rings. The summed E-state index contributed by atoms with van der Waals surface area (Å²) < 4.78 is 7.50. The van der Waals surface area contributed by atoms with Gasteiger partial charge in [0.05, 0.1) is 22.9 Å². The van der Waals surface area contributed by atoms with Crippen LogP contribution in [-0.2, 0) is 0 Å². The molecule has 1 amide bonds. The quantitative estimate of drug-likeness (QED) is 0.887. The molecule has 2 N–H and O–H groups in total. The van der Waals surface area contributed by atoms with Crippen molar-refractivity contribution < 1.29 is 14.7 Å². The fraction of sp³-hybridized carbons (Fsp3) is 0.111. The van der Waals surface area contributed by atoms with E-state index in [-0.39, 0.29) is 10.6 Å². The van der Waals surface area contributed by atoms with Crippen molar-refractivity contribution in [3.05, 3.63) is 28.4 Å². The molecule has 0 aliphatic heterocycles. The maximum Gasteiger partial charge on any atom is 0.346 e.